The molecule has 0 bridgehead atoms. The Morgan fingerprint density at radius 3 is 2.68 bits per heavy atom. The highest BCUT2D eigenvalue weighted by Crippen LogP contribution is 2.25. The molecule has 1 heterocycles. The van der Waals surface area contributed by atoms with E-state index >= 15 is 0 Å². The Bertz CT molecular complexity index is 908. The van der Waals surface area contributed by atoms with Crippen LogP contribution in [0.15, 0.2) is 54.9 Å². The zero-order valence-electron chi connectivity index (χ0n) is 13.7. The van der Waals surface area contributed by atoms with Gasteiger partial charge in [0.15, 0.2) is 0 Å². The molecule has 7 heteroatoms. The third kappa shape index (κ3) is 3.45. The number of aromatic nitrogens is 2. The minimum Gasteiger partial charge on any atom is -0.497 e. The van der Waals surface area contributed by atoms with E-state index in [0.29, 0.717) is 28.4 Å². The number of hydrogen-bond acceptors (Lipinski definition) is 4. The molecule has 3 aromatic rings. The summed E-state index contributed by atoms with van der Waals surface area (Å²) < 4.78 is 25.5. The fourth-order valence-electron chi connectivity index (χ4n) is 2.34. The van der Waals surface area contributed by atoms with Crippen LogP contribution in [0, 0.1) is 5.82 Å². The van der Waals surface area contributed by atoms with Crippen LogP contribution in [0.3, 0.4) is 0 Å². The number of benzene rings is 2. The normalized spacial score (nSPS) is 10.4. The van der Waals surface area contributed by atoms with E-state index in [9.17, 15) is 9.18 Å². The number of methoxy groups -OCH3 is 2. The summed E-state index contributed by atoms with van der Waals surface area (Å²) in [6.45, 7) is 0. The Morgan fingerprint density at radius 2 is 1.96 bits per heavy atom. The molecule has 128 valence electrons. The molecule has 2 aromatic carbocycles. The van der Waals surface area contributed by atoms with Gasteiger partial charge in [0.1, 0.15) is 23.0 Å². The summed E-state index contributed by atoms with van der Waals surface area (Å²) >= 11 is 0. The molecule has 1 amide bonds. The van der Waals surface area contributed by atoms with Crippen LogP contribution in [0.2, 0.25) is 0 Å². The minimum absolute atomic E-state index is 0.296. The summed E-state index contributed by atoms with van der Waals surface area (Å²) in [6.07, 6.45) is 2.98. The van der Waals surface area contributed by atoms with Crippen molar-refractivity contribution in [3.05, 3.63) is 66.2 Å². The van der Waals surface area contributed by atoms with E-state index in [1.54, 1.807) is 36.4 Å². The maximum absolute atomic E-state index is 13.8. The van der Waals surface area contributed by atoms with Crippen LogP contribution < -0.4 is 14.8 Å². The minimum atomic E-state index is -0.402. The topological polar surface area (TPSA) is 65.4 Å². The van der Waals surface area contributed by atoms with Crippen molar-refractivity contribution in [2.75, 3.05) is 19.5 Å². The lowest BCUT2D eigenvalue weighted by molar-refractivity contribution is 0.102. The van der Waals surface area contributed by atoms with Crippen molar-refractivity contribution in [1.82, 2.24) is 9.78 Å². The second-order valence-electron chi connectivity index (χ2n) is 5.15. The Balaban J connectivity index is 1.82. The molecular weight excluding hydrogens is 325 g/mol. The molecule has 0 unspecified atom stereocenters. The number of anilines is 1. The van der Waals surface area contributed by atoms with Crippen LogP contribution in [0.5, 0.6) is 11.5 Å². The van der Waals surface area contributed by atoms with Crippen LogP contribution in [-0.4, -0.2) is 29.9 Å². The lowest BCUT2D eigenvalue weighted by Gasteiger charge is -2.10. The molecule has 25 heavy (non-hydrogen) atoms. The van der Waals surface area contributed by atoms with E-state index in [1.807, 2.05) is 0 Å². The zero-order valence-corrected chi connectivity index (χ0v) is 13.7. The van der Waals surface area contributed by atoms with E-state index in [1.165, 1.54) is 37.4 Å². The second-order valence-corrected chi connectivity index (χ2v) is 5.15. The Morgan fingerprint density at radius 1 is 1.16 bits per heavy atom. The number of para-hydroxylation sites is 1. The number of carbonyl (C=O) groups excluding carboxylic acids is 1. The number of amides is 1. The summed E-state index contributed by atoms with van der Waals surface area (Å²) in [6, 6.07) is 11.1. The summed E-state index contributed by atoms with van der Waals surface area (Å²) in [4.78, 5) is 12.5. The number of halogens is 1. The maximum atomic E-state index is 13.8. The van der Waals surface area contributed by atoms with E-state index in [2.05, 4.69) is 10.4 Å². The number of carbonyl (C=O) groups is 1. The van der Waals surface area contributed by atoms with Crippen molar-refractivity contribution in [3.8, 4) is 17.2 Å². The van der Waals surface area contributed by atoms with Gasteiger partial charge in [-0.1, -0.05) is 12.1 Å². The predicted molar refractivity (Wildman–Crippen MR) is 91.0 cm³/mol. The molecule has 0 fully saturated rings. The van der Waals surface area contributed by atoms with Crippen molar-refractivity contribution >= 4 is 11.6 Å². The average Bonchev–Trinajstić information content (AvgIpc) is 3.09. The van der Waals surface area contributed by atoms with Crippen LogP contribution >= 0.6 is 0 Å². The quantitative estimate of drug-likeness (QED) is 0.773. The second kappa shape index (κ2) is 7.04. The molecule has 0 saturated carbocycles. The Kier molecular flexibility index (Phi) is 4.65. The molecule has 0 aliphatic rings. The van der Waals surface area contributed by atoms with Gasteiger partial charge in [0, 0.05) is 6.07 Å². The van der Waals surface area contributed by atoms with Gasteiger partial charge >= 0.3 is 0 Å². The number of nitrogens with one attached hydrogen (secondary N) is 1. The third-order valence-corrected chi connectivity index (χ3v) is 3.59. The predicted octanol–water partition coefficient (Wildman–Crippen LogP) is 3.28. The van der Waals surface area contributed by atoms with Gasteiger partial charge in [-0.2, -0.15) is 5.10 Å². The smallest absolute Gasteiger partial charge is 0.259 e. The van der Waals surface area contributed by atoms with E-state index < -0.39 is 5.82 Å². The zero-order chi connectivity index (χ0) is 17.8. The van der Waals surface area contributed by atoms with Crippen molar-refractivity contribution in [1.29, 1.82) is 0 Å². The highest BCUT2D eigenvalue weighted by Gasteiger charge is 2.15. The van der Waals surface area contributed by atoms with Crippen LogP contribution in [0.1, 0.15) is 10.4 Å². The molecule has 1 N–H and O–H groups in total. The fourth-order valence-corrected chi connectivity index (χ4v) is 2.34. The van der Waals surface area contributed by atoms with Crippen molar-refractivity contribution in [2.24, 2.45) is 0 Å². The lowest BCUT2D eigenvalue weighted by atomic mass is 10.1. The van der Waals surface area contributed by atoms with Crippen LogP contribution in [-0.2, 0) is 0 Å². The van der Waals surface area contributed by atoms with Gasteiger partial charge < -0.3 is 14.8 Å². The molecule has 0 aliphatic carbocycles. The summed E-state index contributed by atoms with van der Waals surface area (Å²) in [5, 5.41) is 6.79. The molecule has 0 spiro atoms. The van der Waals surface area contributed by atoms with Gasteiger partial charge in [0.2, 0.25) is 0 Å². The number of hydrogen-bond donors (Lipinski definition) is 1. The molecule has 0 aliphatic heterocycles. The van der Waals surface area contributed by atoms with Crippen molar-refractivity contribution in [3.63, 3.8) is 0 Å². The van der Waals surface area contributed by atoms with Gasteiger partial charge in [-0.25, -0.2) is 9.07 Å². The summed E-state index contributed by atoms with van der Waals surface area (Å²) in [7, 11) is 3.01. The van der Waals surface area contributed by atoms with Crippen LogP contribution in [0.25, 0.3) is 5.69 Å². The Labute approximate surface area is 143 Å². The van der Waals surface area contributed by atoms with E-state index in [0.717, 1.165) is 0 Å². The number of ether oxygens (including phenoxy) is 2. The van der Waals surface area contributed by atoms with Crippen LogP contribution in [0.4, 0.5) is 10.1 Å². The first kappa shape index (κ1) is 16.5. The highest BCUT2D eigenvalue weighted by atomic mass is 19.1. The molecule has 0 saturated heterocycles. The van der Waals surface area contributed by atoms with E-state index in [4.69, 9.17) is 9.47 Å². The maximum Gasteiger partial charge on any atom is 0.259 e. The number of nitrogens with zero attached hydrogens (tertiary/aromatic N) is 2. The molecule has 1 aromatic heterocycles. The molecular formula is C18H16FN3O3. The fraction of sp³-hybridized carbons (Fsp3) is 0.111. The SMILES string of the molecule is COc1ccc(C(=O)Nc2cnn(-c3ccccc3F)c2)c(OC)c1. The molecule has 0 radical (unpaired) electrons. The third-order valence-electron chi connectivity index (χ3n) is 3.59. The molecule has 6 nitrogen and oxygen atoms in total. The van der Waals surface area contributed by atoms with Crippen molar-refractivity contribution in [2.45, 2.75) is 0 Å². The van der Waals surface area contributed by atoms with E-state index in [-0.39, 0.29) is 5.91 Å². The first-order valence-corrected chi connectivity index (χ1v) is 7.45. The lowest BCUT2D eigenvalue weighted by Crippen LogP contribution is -2.12. The standard InChI is InChI=1S/C18H16FN3O3/c1-24-13-7-8-14(17(9-13)25-2)18(23)21-12-10-20-22(11-12)16-6-4-3-5-15(16)19/h3-11H,1-2H3,(H,21,23). The first-order valence-electron chi connectivity index (χ1n) is 7.45. The summed E-state index contributed by atoms with van der Waals surface area (Å²) in [5.74, 6) is 0.201. The largest absolute Gasteiger partial charge is 0.497 e. The Hall–Kier alpha value is -3.35. The first-order chi connectivity index (χ1) is 12.1. The highest BCUT2D eigenvalue weighted by molar-refractivity contribution is 6.06. The van der Waals surface area contributed by atoms with Gasteiger partial charge in [-0.05, 0) is 24.3 Å². The average molecular weight is 341 g/mol. The van der Waals surface area contributed by atoms with Gasteiger partial charge in [-0.3, -0.25) is 4.79 Å². The van der Waals surface area contributed by atoms with Gasteiger partial charge in [0.05, 0.1) is 37.9 Å². The van der Waals surface area contributed by atoms with Gasteiger partial charge in [-0.15, -0.1) is 0 Å². The summed E-state index contributed by atoms with van der Waals surface area (Å²) in [5.41, 5.74) is 1.08. The van der Waals surface area contributed by atoms with Crippen molar-refractivity contribution < 1.29 is 18.7 Å². The number of rotatable bonds is 5. The monoisotopic (exact) mass is 341 g/mol. The van der Waals surface area contributed by atoms with Gasteiger partial charge in [0.25, 0.3) is 5.91 Å². The molecule has 3 rings (SSSR count). The molecule has 0 atom stereocenters.